The van der Waals surface area contributed by atoms with E-state index in [1.165, 1.54) is 27.1 Å². The van der Waals surface area contributed by atoms with E-state index in [9.17, 15) is 0 Å². The zero-order chi connectivity index (χ0) is 17.6. The lowest BCUT2D eigenvalue weighted by molar-refractivity contribution is 0.800. The molecular formula is C21H24N4. The van der Waals surface area contributed by atoms with E-state index in [0.29, 0.717) is 5.96 Å². The summed E-state index contributed by atoms with van der Waals surface area (Å²) < 4.78 is 0. The quantitative estimate of drug-likeness (QED) is 0.240. The summed E-state index contributed by atoms with van der Waals surface area (Å²) in [6, 6.07) is 16.8. The molecule has 25 heavy (non-hydrogen) atoms. The highest BCUT2D eigenvalue weighted by molar-refractivity contribution is 6.15. The van der Waals surface area contributed by atoms with Crippen LogP contribution in [0.2, 0.25) is 0 Å². The Hall–Kier alpha value is -2.88. The van der Waals surface area contributed by atoms with E-state index in [1.54, 1.807) is 0 Å². The van der Waals surface area contributed by atoms with Crippen molar-refractivity contribution in [1.29, 1.82) is 0 Å². The van der Waals surface area contributed by atoms with Crippen LogP contribution >= 0.6 is 0 Å². The van der Waals surface area contributed by atoms with Crippen molar-refractivity contribution in [2.45, 2.75) is 26.7 Å². The third kappa shape index (κ3) is 3.63. The number of nitrogens with zero attached hydrogens (tertiary/aromatic N) is 2. The molecule has 0 aliphatic rings. The first-order valence-electron chi connectivity index (χ1n) is 8.71. The summed E-state index contributed by atoms with van der Waals surface area (Å²) in [5.74, 6) is 0.352. The Kier molecular flexibility index (Phi) is 5.29. The van der Waals surface area contributed by atoms with E-state index in [2.05, 4.69) is 77.9 Å². The summed E-state index contributed by atoms with van der Waals surface area (Å²) in [4.78, 5) is 4.25. The van der Waals surface area contributed by atoms with Crippen LogP contribution in [0, 0.1) is 6.92 Å². The third-order valence-corrected chi connectivity index (χ3v) is 4.41. The fraction of sp³-hybridized carbons (Fsp3) is 0.238. The lowest BCUT2D eigenvalue weighted by atomic mass is 9.93. The van der Waals surface area contributed by atoms with Gasteiger partial charge in [0.15, 0.2) is 0 Å². The maximum absolute atomic E-state index is 5.85. The first-order chi connectivity index (χ1) is 12.2. The van der Waals surface area contributed by atoms with Gasteiger partial charge in [0.1, 0.15) is 0 Å². The molecule has 0 amide bonds. The van der Waals surface area contributed by atoms with Crippen LogP contribution in [0.1, 0.15) is 30.9 Å². The minimum absolute atomic E-state index is 0.352. The van der Waals surface area contributed by atoms with Gasteiger partial charge in [-0.2, -0.15) is 5.10 Å². The number of nitrogens with two attached hydrogens (primary N) is 1. The molecule has 4 nitrogen and oxygen atoms in total. The highest BCUT2D eigenvalue weighted by Gasteiger charge is 2.09. The number of fused-ring (bicyclic) bond motifs is 2. The Labute approximate surface area is 148 Å². The number of guanidine groups is 1. The van der Waals surface area contributed by atoms with Crippen LogP contribution in [0.15, 0.2) is 58.6 Å². The van der Waals surface area contributed by atoms with Crippen molar-refractivity contribution in [2.75, 3.05) is 6.54 Å². The Morgan fingerprint density at radius 1 is 1.00 bits per heavy atom. The molecule has 0 bridgehead atoms. The Morgan fingerprint density at radius 2 is 1.56 bits per heavy atom. The summed E-state index contributed by atoms with van der Waals surface area (Å²) in [6.45, 7) is 5.02. The molecule has 3 aromatic rings. The van der Waals surface area contributed by atoms with Gasteiger partial charge in [-0.1, -0.05) is 61.9 Å². The normalized spacial score (nSPS) is 12.3. The molecule has 3 N–H and O–H groups in total. The number of nitrogens with one attached hydrogen (secondary N) is 1. The van der Waals surface area contributed by atoms with Crippen LogP contribution in [0.3, 0.4) is 0 Å². The molecule has 0 saturated carbocycles. The number of hydrogen-bond acceptors (Lipinski definition) is 2. The topological polar surface area (TPSA) is 62.8 Å². The van der Waals surface area contributed by atoms with Gasteiger partial charge in [0, 0.05) is 12.1 Å². The Morgan fingerprint density at radius 3 is 2.12 bits per heavy atom. The van der Waals surface area contributed by atoms with Crippen molar-refractivity contribution in [3.05, 3.63) is 59.7 Å². The van der Waals surface area contributed by atoms with Crippen LogP contribution < -0.4 is 11.2 Å². The molecule has 0 spiro atoms. The molecule has 0 unspecified atom stereocenters. The summed E-state index contributed by atoms with van der Waals surface area (Å²) in [5.41, 5.74) is 11.1. The Bertz CT molecular complexity index is 884. The summed E-state index contributed by atoms with van der Waals surface area (Å²) in [7, 11) is 0. The van der Waals surface area contributed by atoms with E-state index < -0.39 is 0 Å². The van der Waals surface area contributed by atoms with Crippen LogP contribution in [0.5, 0.6) is 0 Å². The molecule has 128 valence electrons. The first-order valence-corrected chi connectivity index (χ1v) is 8.71. The van der Waals surface area contributed by atoms with Gasteiger partial charge in [-0.3, -0.25) is 4.99 Å². The van der Waals surface area contributed by atoms with Crippen molar-refractivity contribution >= 4 is 33.7 Å². The van der Waals surface area contributed by atoms with E-state index >= 15 is 0 Å². The van der Waals surface area contributed by atoms with Crippen LogP contribution in [0.4, 0.5) is 0 Å². The van der Waals surface area contributed by atoms with Crippen molar-refractivity contribution in [2.24, 2.45) is 15.8 Å². The van der Waals surface area contributed by atoms with Gasteiger partial charge in [0.25, 0.3) is 0 Å². The number of hydrazone groups is 1. The first kappa shape index (κ1) is 17.0. The smallest absolute Gasteiger partial charge is 0.209 e. The zero-order valence-corrected chi connectivity index (χ0v) is 14.8. The van der Waals surface area contributed by atoms with E-state index in [1.807, 2.05) is 6.21 Å². The standard InChI is InChI=1S/C21H24N4/c1-3-4-13-23-21(22)25-24-14-20-18-11-7-5-9-16(18)15(2)17-10-6-8-12-19(17)20/h5-12,14H,3-4,13H2,1-2H3,(H3,22,23,25)/b24-14+. The number of aliphatic imine (C=N–C) groups is 1. The highest BCUT2D eigenvalue weighted by atomic mass is 15.3. The highest BCUT2D eigenvalue weighted by Crippen LogP contribution is 2.31. The Balaban J connectivity index is 2.01. The van der Waals surface area contributed by atoms with Crippen LogP contribution in [-0.4, -0.2) is 18.7 Å². The zero-order valence-electron chi connectivity index (χ0n) is 14.8. The molecule has 4 heteroatoms. The largest absolute Gasteiger partial charge is 0.369 e. The third-order valence-electron chi connectivity index (χ3n) is 4.41. The number of aryl methyl sites for hydroxylation is 1. The minimum atomic E-state index is 0.352. The molecule has 0 aliphatic carbocycles. The van der Waals surface area contributed by atoms with Crippen LogP contribution in [0.25, 0.3) is 21.5 Å². The number of benzene rings is 3. The van der Waals surface area contributed by atoms with Gasteiger partial charge in [-0.25, -0.2) is 5.43 Å². The number of unbranched alkanes of at least 4 members (excludes halogenated alkanes) is 1. The number of rotatable bonds is 5. The fourth-order valence-electron chi connectivity index (χ4n) is 3.08. The van der Waals surface area contributed by atoms with Gasteiger partial charge in [0.2, 0.25) is 5.96 Å². The molecule has 0 aliphatic heterocycles. The van der Waals surface area contributed by atoms with Gasteiger partial charge in [-0.05, 0) is 40.5 Å². The minimum Gasteiger partial charge on any atom is -0.369 e. The summed E-state index contributed by atoms with van der Waals surface area (Å²) >= 11 is 0. The molecule has 0 radical (unpaired) electrons. The maximum Gasteiger partial charge on any atom is 0.209 e. The van der Waals surface area contributed by atoms with Gasteiger partial charge in [-0.15, -0.1) is 0 Å². The molecule has 0 atom stereocenters. The average Bonchev–Trinajstić information content (AvgIpc) is 2.65. The molecular weight excluding hydrogens is 308 g/mol. The van der Waals surface area contributed by atoms with Gasteiger partial charge < -0.3 is 5.73 Å². The second kappa shape index (κ2) is 7.79. The maximum atomic E-state index is 5.85. The predicted octanol–water partition coefficient (Wildman–Crippen LogP) is 4.34. The van der Waals surface area contributed by atoms with Gasteiger partial charge in [0.05, 0.1) is 6.21 Å². The fourth-order valence-corrected chi connectivity index (χ4v) is 3.08. The SMILES string of the molecule is CCCCN=C(N)N/N=C/c1c2ccccc2c(C)c2ccccc12. The van der Waals surface area contributed by atoms with Crippen molar-refractivity contribution in [1.82, 2.24) is 5.43 Å². The van der Waals surface area contributed by atoms with Crippen molar-refractivity contribution in [3.8, 4) is 0 Å². The summed E-state index contributed by atoms with van der Waals surface area (Å²) in [6.07, 6.45) is 3.97. The van der Waals surface area contributed by atoms with Crippen molar-refractivity contribution in [3.63, 3.8) is 0 Å². The molecule has 3 aromatic carbocycles. The lowest BCUT2D eigenvalue weighted by Gasteiger charge is -2.11. The molecule has 0 fully saturated rings. The van der Waals surface area contributed by atoms with E-state index in [4.69, 9.17) is 5.73 Å². The summed E-state index contributed by atoms with van der Waals surface area (Å²) in [5, 5.41) is 9.18. The van der Waals surface area contributed by atoms with Crippen LogP contribution in [-0.2, 0) is 0 Å². The van der Waals surface area contributed by atoms with E-state index in [0.717, 1.165) is 24.9 Å². The van der Waals surface area contributed by atoms with E-state index in [-0.39, 0.29) is 0 Å². The van der Waals surface area contributed by atoms with Gasteiger partial charge >= 0.3 is 0 Å². The molecule has 0 aromatic heterocycles. The lowest BCUT2D eigenvalue weighted by Crippen LogP contribution is -2.27. The second-order valence-electron chi connectivity index (χ2n) is 6.12. The predicted molar refractivity (Wildman–Crippen MR) is 108 cm³/mol. The molecule has 3 rings (SSSR count). The second-order valence-corrected chi connectivity index (χ2v) is 6.12. The monoisotopic (exact) mass is 332 g/mol. The number of hydrogen-bond donors (Lipinski definition) is 2. The average molecular weight is 332 g/mol. The van der Waals surface area contributed by atoms with Crippen molar-refractivity contribution < 1.29 is 0 Å². The molecule has 0 saturated heterocycles. The molecule has 0 heterocycles.